The van der Waals surface area contributed by atoms with E-state index in [1.54, 1.807) is 18.2 Å². The number of nitrogens with one attached hydrogen (secondary N) is 1. The highest BCUT2D eigenvalue weighted by Gasteiger charge is 2.07. The number of aryl methyl sites for hydroxylation is 2. The van der Waals surface area contributed by atoms with Crippen molar-refractivity contribution in [1.29, 1.82) is 0 Å². The first-order valence-electron chi connectivity index (χ1n) is 6.01. The maximum atomic E-state index is 11.2. The molecule has 0 aliphatic heterocycles. The minimum Gasteiger partial charge on any atom is -0.397 e. The normalized spacial score (nSPS) is 10.2. The lowest BCUT2D eigenvalue weighted by Crippen LogP contribution is -2.11. The van der Waals surface area contributed by atoms with Crippen molar-refractivity contribution in [2.45, 2.75) is 13.8 Å². The Morgan fingerprint density at radius 2 is 1.79 bits per heavy atom. The molecule has 0 aliphatic rings. The number of amides is 1. The van der Waals surface area contributed by atoms with E-state index in [-0.39, 0.29) is 0 Å². The quantitative estimate of drug-likeness (QED) is 0.737. The monoisotopic (exact) mass is 255 g/mol. The summed E-state index contributed by atoms with van der Waals surface area (Å²) in [7, 11) is 0. The van der Waals surface area contributed by atoms with Crippen LogP contribution in [0.5, 0.6) is 0 Å². The zero-order chi connectivity index (χ0) is 14.0. The summed E-state index contributed by atoms with van der Waals surface area (Å²) in [6.07, 6.45) is 0. The fourth-order valence-corrected chi connectivity index (χ4v) is 1.83. The zero-order valence-electron chi connectivity index (χ0n) is 11.0. The van der Waals surface area contributed by atoms with Crippen molar-refractivity contribution in [3.63, 3.8) is 0 Å². The van der Waals surface area contributed by atoms with Crippen LogP contribution in [0.2, 0.25) is 0 Å². The molecule has 0 bridgehead atoms. The molecular weight excluding hydrogens is 238 g/mol. The average molecular weight is 255 g/mol. The van der Waals surface area contributed by atoms with Gasteiger partial charge >= 0.3 is 0 Å². The first-order chi connectivity index (χ1) is 8.97. The van der Waals surface area contributed by atoms with E-state index in [4.69, 9.17) is 11.5 Å². The van der Waals surface area contributed by atoms with Crippen LogP contribution < -0.4 is 16.8 Å². The first kappa shape index (κ1) is 13.0. The first-order valence-corrected chi connectivity index (χ1v) is 6.01. The van der Waals surface area contributed by atoms with Gasteiger partial charge in [-0.1, -0.05) is 12.1 Å². The Hall–Kier alpha value is -2.49. The van der Waals surface area contributed by atoms with Crippen molar-refractivity contribution in [2.75, 3.05) is 11.1 Å². The molecule has 1 amide bonds. The van der Waals surface area contributed by atoms with Gasteiger partial charge in [-0.2, -0.15) is 0 Å². The van der Waals surface area contributed by atoms with Crippen LogP contribution in [-0.4, -0.2) is 5.91 Å². The topological polar surface area (TPSA) is 81.1 Å². The number of nitrogens with two attached hydrogens (primary N) is 2. The highest BCUT2D eigenvalue weighted by Crippen LogP contribution is 2.26. The van der Waals surface area contributed by atoms with Crippen LogP contribution in [0.1, 0.15) is 21.5 Å². The Labute approximate surface area is 112 Å². The second kappa shape index (κ2) is 5.02. The Bertz CT molecular complexity index is 635. The van der Waals surface area contributed by atoms with E-state index in [1.807, 2.05) is 32.0 Å². The number of anilines is 3. The van der Waals surface area contributed by atoms with Gasteiger partial charge in [0.1, 0.15) is 0 Å². The molecule has 0 fully saturated rings. The number of hydrogen-bond donors (Lipinski definition) is 3. The van der Waals surface area contributed by atoms with Gasteiger partial charge in [0, 0.05) is 11.3 Å². The average Bonchev–Trinajstić information content (AvgIpc) is 2.36. The largest absolute Gasteiger partial charge is 0.397 e. The molecule has 5 N–H and O–H groups in total. The van der Waals surface area contributed by atoms with Crippen molar-refractivity contribution in [3.05, 3.63) is 53.1 Å². The number of carbonyl (C=O) groups is 1. The van der Waals surface area contributed by atoms with E-state index in [9.17, 15) is 4.79 Å². The van der Waals surface area contributed by atoms with E-state index in [2.05, 4.69) is 5.32 Å². The molecule has 4 heteroatoms. The van der Waals surface area contributed by atoms with Gasteiger partial charge in [0.2, 0.25) is 5.91 Å². The van der Waals surface area contributed by atoms with Crippen LogP contribution >= 0.6 is 0 Å². The highest BCUT2D eigenvalue weighted by atomic mass is 16.1. The second-order valence-electron chi connectivity index (χ2n) is 4.61. The number of primary amides is 1. The molecule has 0 saturated carbocycles. The van der Waals surface area contributed by atoms with E-state index >= 15 is 0 Å². The van der Waals surface area contributed by atoms with Crippen molar-refractivity contribution in [3.8, 4) is 0 Å². The molecule has 0 unspecified atom stereocenters. The number of nitrogen functional groups attached to an aromatic ring is 1. The smallest absolute Gasteiger partial charge is 0.248 e. The van der Waals surface area contributed by atoms with Crippen LogP contribution in [0.15, 0.2) is 36.4 Å². The fraction of sp³-hybridized carbons (Fsp3) is 0.133. The minimum atomic E-state index is -0.469. The van der Waals surface area contributed by atoms with Gasteiger partial charge in [-0.15, -0.1) is 0 Å². The summed E-state index contributed by atoms with van der Waals surface area (Å²) in [5.74, 6) is -0.469. The van der Waals surface area contributed by atoms with Gasteiger partial charge < -0.3 is 16.8 Å². The van der Waals surface area contributed by atoms with Crippen LogP contribution in [0.25, 0.3) is 0 Å². The van der Waals surface area contributed by atoms with Crippen LogP contribution in [-0.2, 0) is 0 Å². The molecule has 4 nitrogen and oxygen atoms in total. The minimum absolute atomic E-state index is 0.432. The summed E-state index contributed by atoms with van der Waals surface area (Å²) in [6.45, 7) is 4.03. The molecule has 0 heterocycles. The molecule has 0 aliphatic carbocycles. The van der Waals surface area contributed by atoms with Crippen molar-refractivity contribution < 1.29 is 4.79 Å². The summed E-state index contributed by atoms with van der Waals surface area (Å²) in [5, 5.41) is 3.24. The zero-order valence-corrected chi connectivity index (χ0v) is 11.0. The van der Waals surface area contributed by atoms with Gasteiger partial charge in [-0.3, -0.25) is 4.79 Å². The number of hydrogen-bond acceptors (Lipinski definition) is 3. The highest BCUT2D eigenvalue weighted by molar-refractivity contribution is 5.95. The van der Waals surface area contributed by atoms with Gasteiger partial charge in [-0.25, -0.2) is 0 Å². The molecular formula is C15H17N3O. The summed E-state index contributed by atoms with van der Waals surface area (Å²) >= 11 is 0. The van der Waals surface area contributed by atoms with Gasteiger partial charge in [0.05, 0.1) is 11.4 Å². The molecule has 0 radical (unpaired) electrons. The molecule has 2 rings (SSSR count). The van der Waals surface area contributed by atoms with Gasteiger partial charge in [0.15, 0.2) is 0 Å². The van der Waals surface area contributed by atoms with Crippen LogP contribution in [0.3, 0.4) is 0 Å². The van der Waals surface area contributed by atoms with Crippen molar-refractivity contribution in [1.82, 2.24) is 0 Å². The number of rotatable bonds is 3. The second-order valence-corrected chi connectivity index (χ2v) is 4.61. The molecule has 0 saturated heterocycles. The third-order valence-corrected chi connectivity index (χ3v) is 3.00. The van der Waals surface area contributed by atoms with E-state index in [0.29, 0.717) is 16.9 Å². The summed E-state index contributed by atoms with van der Waals surface area (Å²) in [5.41, 5.74) is 16.1. The lowest BCUT2D eigenvalue weighted by Gasteiger charge is -2.13. The molecule has 0 spiro atoms. The maximum absolute atomic E-state index is 11.2. The molecule has 2 aromatic rings. The van der Waals surface area contributed by atoms with Crippen LogP contribution in [0.4, 0.5) is 17.1 Å². The Balaban J connectivity index is 2.40. The summed E-state index contributed by atoms with van der Waals surface area (Å²) in [4.78, 5) is 11.2. The SMILES string of the molecule is Cc1ccc(C)c(Nc2cc(C(N)=O)ccc2N)c1. The number of benzene rings is 2. The predicted octanol–water partition coefficient (Wildman–Crippen LogP) is 2.73. The summed E-state index contributed by atoms with van der Waals surface area (Å²) in [6, 6.07) is 11.1. The molecule has 0 atom stereocenters. The van der Waals surface area contributed by atoms with E-state index < -0.39 is 5.91 Å². The van der Waals surface area contributed by atoms with Gasteiger partial charge in [-0.05, 0) is 49.2 Å². The maximum Gasteiger partial charge on any atom is 0.248 e. The lowest BCUT2D eigenvalue weighted by molar-refractivity contribution is 0.100. The van der Waals surface area contributed by atoms with Crippen molar-refractivity contribution >= 4 is 23.0 Å². The van der Waals surface area contributed by atoms with E-state index in [1.165, 1.54) is 0 Å². The Morgan fingerprint density at radius 3 is 2.47 bits per heavy atom. The molecule has 19 heavy (non-hydrogen) atoms. The molecule has 2 aromatic carbocycles. The molecule has 98 valence electrons. The van der Waals surface area contributed by atoms with Crippen LogP contribution in [0, 0.1) is 13.8 Å². The van der Waals surface area contributed by atoms with Gasteiger partial charge in [0.25, 0.3) is 0 Å². The lowest BCUT2D eigenvalue weighted by atomic mass is 10.1. The molecule has 0 aromatic heterocycles. The third-order valence-electron chi connectivity index (χ3n) is 3.00. The Kier molecular flexibility index (Phi) is 3.42. The number of carbonyl (C=O) groups excluding carboxylic acids is 1. The summed E-state index contributed by atoms with van der Waals surface area (Å²) < 4.78 is 0. The Morgan fingerprint density at radius 1 is 1.05 bits per heavy atom. The third kappa shape index (κ3) is 2.85. The standard InChI is InChI=1S/C15H17N3O/c1-9-3-4-10(2)13(7-9)18-14-8-11(15(17)19)5-6-12(14)16/h3-8,18H,16H2,1-2H3,(H2,17,19). The predicted molar refractivity (Wildman–Crippen MR) is 78.6 cm³/mol. The van der Waals surface area contributed by atoms with Crippen molar-refractivity contribution in [2.24, 2.45) is 5.73 Å². The fourth-order valence-electron chi connectivity index (χ4n) is 1.83. The van der Waals surface area contributed by atoms with E-state index in [0.717, 1.165) is 16.8 Å².